The van der Waals surface area contributed by atoms with Gasteiger partial charge in [0.25, 0.3) is 0 Å². The molecule has 8 nitrogen and oxygen atoms in total. The number of allylic oxidation sites excluding steroid dienone is 2. The van der Waals surface area contributed by atoms with E-state index >= 15 is 0 Å². The Kier molecular flexibility index (Phi) is 3.42. The predicted molar refractivity (Wildman–Crippen MR) is 94.9 cm³/mol. The fourth-order valence-electron chi connectivity index (χ4n) is 3.71. The Bertz CT molecular complexity index is 1010. The van der Waals surface area contributed by atoms with Crippen LogP contribution in [-0.2, 0) is 0 Å². The summed E-state index contributed by atoms with van der Waals surface area (Å²) in [6.07, 6.45) is 10.3. The fourth-order valence-corrected chi connectivity index (χ4v) is 3.71. The summed E-state index contributed by atoms with van der Waals surface area (Å²) in [5.74, 6) is 1.05. The first kappa shape index (κ1) is 15.3. The summed E-state index contributed by atoms with van der Waals surface area (Å²) in [7, 11) is 0. The quantitative estimate of drug-likeness (QED) is 0.846. The zero-order valence-corrected chi connectivity index (χ0v) is 14.0. The summed E-state index contributed by atoms with van der Waals surface area (Å²) >= 11 is 0. The number of anilines is 1. The van der Waals surface area contributed by atoms with Crippen LogP contribution >= 0.6 is 0 Å². The first-order valence-corrected chi connectivity index (χ1v) is 8.69. The van der Waals surface area contributed by atoms with E-state index in [-0.39, 0.29) is 24.1 Å². The monoisotopic (exact) mass is 355 g/mol. The third-order valence-electron chi connectivity index (χ3n) is 4.97. The first-order chi connectivity index (χ1) is 12.7. The predicted octanol–water partition coefficient (Wildman–Crippen LogP) is 1.35. The van der Waals surface area contributed by atoms with Gasteiger partial charge < -0.3 is 15.2 Å². The van der Waals surface area contributed by atoms with E-state index in [0.717, 1.165) is 31.8 Å². The molecule has 5 rings (SSSR count). The Labute approximate surface area is 148 Å². The highest BCUT2D eigenvalue weighted by Crippen LogP contribution is 2.29. The summed E-state index contributed by atoms with van der Waals surface area (Å²) in [6.45, 7) is 1.92. The van der Waals surface area contributed by atoms with Crippen molar-refractivity contribution < 1.29 is 4.39 Å². The minimum atomic E-state index is -0.194. The zero-order chi connectivity index (χ0) is 17.7. The van der Waals surface area contributed by atoms with E-state index < -0.39 is 0 Å². The van der Waals surface area contributed by atoms with Gasteiger partial charge in [-0.15, -0.1) is 0 Å². The van der Waals surface area contributed by atoms with E-state index in [1.165, 1.54) is 6.08 Å². The molecule has 0 bridgehead atoms. The first-order valence-electron chi connectivity index (χ1n) is 8.69. The molecule has 2 aromatic heterocycles. The minimum absolute atomic E-state index is 0.0734. The number of fused-ring (bicyclic) bond motifs is 2. The van der Waals surface area contributed by atoms with Gasteiger partial charge in [-0.25, -0.2) is 14.2 Å². The number of nitrogens with zero attached hydrogens (tertiary/aromatic N) is 5. The van der Waals surface area contributed by atoms with Gasteiger partial charge in [-0.05, 0) is 31.5 Å². The second kappa shape index (κ2) is 5.80. The Morgan fingerprint density at radius 3 is 3.04 bits per heavy atom. The molecule has 2 N–H and O–H groups in total. The van der Waals surface area contributed by atoms with Crippen LogP contribution in [0, 0.1) is 0 Å². The van der Waals surface area contributed by atoms with Gasteiger partial charge >= 0.3 is 5.69 Å². The lowest BCUT2D eigenvalue weighted by molar-refractivity contribution is 0.370. The number of imidazole rings is 1. The van der Waals surface area contributed by atoms with Crippen LogP contribution in [0.2, 0.25) is 0 Å². The van der Waals surface area contributed by atoms with E-state index in [9.17, 15) is 9.18 Å². The van der Waals surface area contributed by atoms with Gasteiger partial charge in [0, 0.05) is 18.9 Å². The van der Waals surface area contributed by atoms with Gasteiger partial charge in [-0.2, -0.15) is 4.98 Å². The number of H-pyrrole nitrogens is 1. The average Bonchev–Trinajstić information content (AvgIpc) is 3.21. The molecule has 3 aliphatic heterocycles. The van der Waals surface area contributed by atoms with Crippen molar-refractivity contribution in [1.29, 1.82) is 0 Å². The molecule has 0 radical (unpaired) electrons. The van der Waals surface area contributed by atoms with Gasteiger partial charge in [0.05, 0.1) is 18.8 Å². The molecule has 1 fully saturated rings. The van der Waals surface area contributed by atoms with Crippen molar-refractivity contribution in [2.24, 2.45) is 0 Å². The molecule has 0 spiro atoms. The maximum absolute atomic E-state index is 13.5. The molecule has 0 amide bonds. The third-order valence-corrected chi connectivity index (χ3v) is 4.97. The van der Waals surface area contributed by atoms with Crippen LogP contribution in [0.15, 0.2) is 47.2 Å². The number of nitrogens with one attached hydrogen (secondary N) is 2. The van der Waals surface area contributed by atoms with Crippen LogP contribution in [0.1, 0.15) is 18.9 Å². The number of hydrogen-bond acceptors (Lipinski definition) is 6. The number of aromatic nitrogens is 4. The summed E-state index contributed by atoms with van der Waals surface area (Å²) in [4.78, 5) is 27.9. The Balaban J connectivity index is 1.58. The molecule has 0 saturated carbocycles. The van der Waals surface area contributed by atoms with Crippen LogP contribution in [0.4, 0.5) is 10.3 Å². The molecule has 3 aliphatic rings. The van der Waals surface area contributed by atoms with E-state index in [1.807, 2.05) is 0 Å². The van der Waals surface area contributed by atoms with Crippen LogP contribution < -0.4 is 15.9 Å². The maximum Gasteiger partial charge on any atom is 0.328 e. The van der Waals surface area contributed by atoms with Crippen molar-refractivity contribution in [2.75, 3.05) is 24.5 Å². The van der Waals surface area contributed by atoms with Crippen molar-refractivity contribution in [1.82, 2.24) is 29.7 Å². The van der Waals surface area contributed by atoms with Gasteiger partial charge in [0.2, 0.25) is 5.95 Å². The lowest BCUT2D eigenvalue weighted by atomic mass is 10.1. The van der Waals surface area contributed by atoms with Crippen molar-refractivity contribution in [3.63, 3.8) is 0 Å². The molecule has 2 aromatic rings. The van der Waals surface area contributed by atoms with Crippen molar-refractivity contribution in [3.05, 3.63) is 52.9 Å². The molecule has 9 heteroatoms. The number of piperidine rings is 1. The van der Waals surface area contributed by atoms with Crippen LogP contribution in [0.5, 0.6) is 0 Å². The summed E-state index contributed by atoms with van der Waals surface area (Å²) in [5, 5.41) is 3.33. The van der Waals surface area contributed by atoms with E-state index in [4.69, 9.17) is 0 Å². The zero-order valence-electron chi connectivity index (χ0n) is 14.0. The van der Waals surface area contributed by atoms with E-state index in [1.54, 1.807) is 39.0 Å². The van der Waals surface area contributed by atoms with Gasteiger partial charge in [-0.1, -0.05) is 0 Å². The third kappa shape index (κ3) is 2.35. The molecule has 0 unspecified atom stereocenters. The fraction of sp³-hybridized carbons (Fsp3) is 0.353. The Morgan fingerprint density at radius 1 is 1.27 bits per heavy atom. The molecule has 1 atom stereocenters. The van der Waals surface area contributed by atoms with Crippen molar-refractivity contribution in [2.45, 2.75) is 18.9 Å². The molecule has 1 saturated heterocycles. The maximum atomic E-state index is 13.5. The number of hydrogen-bond donors (Lipinski definition) is 2. The number of halogens is 1. The van der Waals surface area contributed by atoms with Gasteiger partial charge in [-0.3, -0.25) is 9.47 Å². The SMILES string of the molecule is O=c1[nH]c2cnc(N3C=CN4CC(F)=CC=C43)nc2n1[C@@H]1CCCNC1. The molecule has 5 heterocycles. The molecule has 0 aromatic carbocycles. The van der Waals surface area contributed by atoms with Gasteiger partial charge in [0.1, 0.15) is 17.2 Å². The van der Waals surface area contributed by atoms with Crippen molar-refractivity contribution in [3.8, 4) is 0 Å². The largest absolute Gasteiger partial charge is 0.328 e. The number of rotatable bonds is 2. The number of aromatic amines is 1. The normalized spacial score (nSPS) is 22.6. The highest BCUT2D eigenvalue weighted by Gasteiger charge is 2.27. The van der Waals surface area contributed by atoms with E-state index in [2.05, 4.69) is 20.3 Å². The van der Waals surface area contributed by atoms with Crippen molar-refractivity contribution >= 4 is 17.1 Å². The average molecular weight is 355 g/mol. The Morgan fingerprint density at radius 2 is 2.19 bits per heavy atom. The summed E-state index contributed by atoms with van der Waals surface area (Å²) < 4.78 is 15.2. The van der Waals surface area contributed by atoms with Gasteiger partial charge in [0.15, 0.2) is 5.65 Å². The van der Waals surface area contributed by atoms with Crippen LogP contribution in [0.25, 0.3) is 11.2 Å². The summed E-state index contributed by atoms with van der Waals surface area (Å²) in [5.41, 5.74) is 1.05. The smallest absolute Gasteiger partial charge is 0.326 e. The summed E-state index contributed by atoms with van der Waals surface area (Å²) in [6, 6.07) is 0.0734. The lowest BCUT2D eigenvalue weighted by Crippen LogP contribution is -2.35. The minimum Gasteiger partial charge on any atom is -0.326 e. The second-order valence-electron chi connectivity index (χ2n) is 6.64. The molecule has 134 valence electrons. The lowest BCUT2D eigenvalue weighted by Gasteiger charge is -2.25. The standard InChI is InChI=1S/C17H18FN7O/c18-11-3-4-14-23(10-11)6-7-24(14)16-20-9-13-15(22-16)25(17(26)21-13)12-2-1-5-19-8-12/h3-4,6-7,9,12,19H,1-2,5,8,10H2,(H,21,26)/t12-/m1/s1. The second-order valence-corrected chi connectivity index (χ2v) is 6.64. The van der Waals surface area contributed by atoms with E-state index in [0.29, 0.717) is 17.1 Å². The Hall–Kier alpha value is -2.94. The van der Waals surface area contributed by atoms with Crippen LogP contribution in [0.3, 0.4) is 0 Å². The molecular formula is C17H18FN7O. The highest BCUT2D eigenvalue weighted by atomic mass is 19.1. The molecule has 0 aliphatic carbocycles. The molecule has 26 heavy (non-hydrogen) atoms. The van der Waals surface area contributed by atoms with Crippen LogP contribution in [-0.4, -0.2) is 44.1 Å². The molecular weight excluding hydrogens is 337 g/mol. The highest BCUT2D eigenvalue weighted by molar-refractivity contribution is 5.72. The topological polar surface area (TPSA) is 82.1 Å².